The Morgan fingerprint density at radius 2 is 2.29 bits per heavy atom. The number of halogens is 1. The van der Waals surface area contributed by atoms with Gasteiger partial charge in [0.25, 0.3) is 0 Å². The fourth-order valence-corrected chi connectivity index (χ4v) is 2.69. The minimum Gasteiger partial charge on any atom is -0.302 e. The Balaban J connectivity index is 2.20. The van der Waals surface area contributed by atoms with E-state index in [1.54, 1.807) is 6.07 Å². The van der Waals surface area contributed by atoms with Gasteiger partial charge in [-0.15, -0.1) is 0 Å². The summed E-state index contributed by atoms with van der Waals surface area (Å²) in [5.74, 6) is 0.336. The van der Waals surface area contributed by atoms with Crippen LogP contribution in [0.15, 0.2) is 18.2 Å². The van der Waals surface area contributed by atoms with Crippen LogP contribution >= 0.6 is 22.9 Å². The van der Waals surface area contributed by atoms with Gasteiger partial charge in [0.2, 0.25) is 5.91 Å². The number of para-hydroxylation sites is 1. The van der Waals surface area contributed by atoms with Crippen LogP contribution in [-0.4, -0.2) is 10.9 Å². The molecule has 0 aliphatic rings. The molecule has 2 rings (SSSR count). The van der Waals surface area contributed by atoms with E-state index in [9.17, 15) is 4.79 Å². The lowest BCUT2D eigenvalue weighted by Gasteiger charge is -2.03. The second-order valence-corrected chi connectivity index (χ2v) is 5.69. The second kappa shape index (κ2) is 5.02. The molecule has 90 valence electrons. The number of anilines is 1. The normalized spacial score (nSPS) is 11.1. The van der Waals surface area contributed by atoms with Gasteiger partial charge in [-0.25, -0.2) is 4.98 Å². The molecule has 1 aromatic heterocycles. The summed E-state index contributed by atoms with van der Waals surface area (Å²) in [5, 5.41) is 4.02. The summed E-state index contributed by atoms with van der Waals surface area (Å²) in [4.78, 5) is 15.9. The summed E-state index contributed by atoms with van der Waals surface area (Å²) >= 11 is 7.46. The van der Waals surface area contributed by atoms with Crippen LogP contribution < -0.4 is 5.32 Å². The van der Waals surface area contributed by atoms with E-state index < -0.39 is 0 Å². The third kappa shape index (κ3) is 2.96. The molecule has 0 unspecified atom stereocenters. The zero-order chi connectivity index (χ0) is 12.4. The van der Waals surface area contributed by atoms with E-state index in [2.05, 4.69) is 10.3 Å². The van der Waals surface area contributed by atoms with Crippen LogP contribution in [0, 0.1) is 5.92 Å². The Morgan fingerprint density at radius 3 is 2.94 bits per heavy atom. The maximum Gasteiger partial charge on any atom is 0.226 e. The van der Waals surface area contributed by atoms with Crippen molar-refractivity contribution < 1.29 is 4.79 Å². The molecule has 0 spiro atoms. The number of fused-ring (bicyclic) bond motifs is 1. The highest BCUT2D eigenvalue weighted by Gasteiger charge is 2.10. The van der Waals surface area contributed by atoms with E-state index in [1.165, 1.54) is 11.3 Å². The number of nitrogens with one attached hydrogen (secondary N) is 1. The Morgan fingerprint density at radius 1 is 1.53 bits per heavy atom. The Bertz CT molecular complexity index is 550. The smallest absolute Gasteiger partial charge is 0.226 e. The highest BCUT2D eigenvalue weighted by molar-refractivity contribution is 7.22. The third-order valence-corrected chi connectivity index (χ3v) is 3.45. The average Bonchev–Trinajstić information content (AvgIpc) is 2.60. The van der Waals surface area contributed by atoms with Crippen molar-refractivity contribution in [1.82, 2.24) is 4.98 Å². The molecule has 0 atom stereocenters. The minimum absolute atomic E-state index is 0.00446. The second-order valence-electron chi connectivity index (χ2n) is 4.25. The average molecular weight is 269 g/mol. The maximum atomic E-state index is 11.6. The first-order valence-electron chi connectivity index (χ1n) is 5.41. The van der Waals surface area contributed by atoms with Crippen molar-refractivity contribution in [2.45, 2.75) is 20.3 Å². The molecule has 17 heavy (non-hydrogen) atoms. The topological polar surface area (TPSA) is 42.0 Å². The van der Waals surface area contributed by atoms with Crippen LogP contribution in [0.1, 0.15) is 20.3 Å². The summed E-state index contributed by atoms with van der Waals surface area (Å²) < 4.78 is 0.984. The fourth-order valence-electron chi connectivity index (χ4n) is 1.51. The zero-order valence-corrected chi connectivity index (χ0v) is 11.2. The molecule has 1 heterocycles. The highest BCUT2D eigenvalue weighted by atomic mass is 35.5. The first-order chi connectivity index (χ1) is 8.06. The van der Waals surface area contributed by atoms with E-state index in [1.807, 2.05) is 26.0 Å². The van der Waals surface area contributed by atoms with Crippen molar-refractivity contribution in [1.29, 1.82) is 0 Å². The number of benzene rings is 1. The summed E-state index contributed by atoms with van der Waals surface area (Å²) in [5.41, 5.74) is 0.749. The van der Waals surface area contributed by atoms with Crippen LogP contribution in [-0.2, 0) is 4.79 Å². The quantitative estimate of drug-likeness (QED) is 0.916. The van der Waals surface area contributed by atoms with Crippen LogP contribution in [0.4, 0.5) is 5.13 Å². The molecule has 3 nitrogen and oxygen atoms in total. The first kappa shape index (κ1) is 12.3. The molecule has 1 N–H and O–H groups in total. The molecule has 0 aliphatic carbocycles. The molecule has 5 heteroatoms. The number of aromatic nitrogens is 1. The molecule has 0 fully saturated rings. The SMILES string of the molecule is CC(C)CC(=O)Nc1nc2c(Cl)cccc2s1. The lowest BCUT2D eigenvalue weighted by molar-refractivity contribution is -0.116. The summed E-state index contributed by atoms with van der Waals surface area (Å²) in [6.07, 6.45) is 0.504. The fraction of sp³-hybridized carbons (Fsp3) is 0.333. The van der Waals surface area contributed by atoms with E-state index in [4.69, 9.17) is 11.6 Å². The van der Waals surface area contributed by atoms with Gasteiger partial charge in [0.1, 0.15) is 5.52 Å². The Kier molecular flexibility index (Phi) is 3.64. The van der Waals surface area contributed by atoms with Crippen molar-refractivity contribution in [2.24, 2.45) is 5.92 Å². The van der Waals surface area contributed by atoms with E-state index in [0.29, 0.717) is 22.5 Å². The van der Waals surface area contributed by atoms with Gasteiger partial charge in [0.05, 0.1) is 9.72 Å². The molecule has 0 saturated heterocycles. The molecule has 0 saturated carbocycles. The van der Waals surface area contributed by atoms with Crippen molar-refractivity contribution in [2.75, 3.05) is 5.32 Å². The van der Waals surface area contributed by atoms with Gasteiger partial charge in [-0.05, 0) is 18.1 Å². The number of nitrogens with zero attached hydrogens (tertiary/aromatic N) is 1. The molecule has 1 amide bonds. The van der Waals surface area contributed by atoms with Crippen LogP contribution in [0.25, 0.3) is 10.2 Å². The molecule has 0 radical (unpaired) electrons. The monoisotopic (exact) mass is 268 g/mol. The summed E-state index contributed by atoms with van der Waals surface area (Å²) in [7, 11) is 0. The van der Waals surface area contributed by atoms with Gasteiger partial charge >= 0.3 is 0 Å². The van der Waals surface area contributed by atoms with Crippen molar-refractivity contribution >= 4 is 44.2 Å². The number of carbonyl (C=O) groups excluding carboxylic acids is 1. The lowest BCUT2D eigenvalue weighted by Crippen LogP contribution is -2.13. The molecule has 2 aromatic rings. The van der Waals surface area contributed by atoms with Crippen LogP contribution in [0.2, 0.25) is 5.02 Å². The zero-order valence-electron chi connectivity index (χ0n) is 9.66. The van der Waals surface area contributed by atoms with Crippen molar-refractivity contribution in [3.05, 3.63) is 23.2 Å². The largest absolute Gasteiger partial charge is 0.302 e. The van der Waals surface area contributed by atoms with Crippen LogP contribution in [0.3, 0.4) is 0 Å². The first-order valence-corrected chi connectivity index (χ1v) is 6.60. The van der Waals surface area contributed by atoms with Gasteiger partial charge in [-0.1, -0.05) is 42.9 Å². The third-order valence-electron chi connectivity index (χ3n) is 2.21. The predicted molar refractivity (Wildman–Crippen MR) is 72.7 cm³/mol. The number of carbonyl (C=O) groups is 1. The van der Waals surface area contributed by atoms with Crippen molar-refractivity contribution in [3.63, 3.8) is 0 Å². The lowest BCUT2D eigenvalue weighted by atomic mass is 10.1. The number of rotatable bonds is 3. The van der Waals surface area contributed by atoms with Crippen LogP contribution in [0.5, 0.6) is 0 Å². The molecular weight excluding hydrogens is 256 g/mol. The van der Waals surface area contributed by atoms with Gasteiger partial charge in [0.15, 0.2) is 5.13 Å². The van der Waals surface area contributed by atoms with E-state index in [0.717, 1.165) is 10.2 Å². The molecule has 1 aromatic carbocycles. The van der Waals surface area contributed by atoms with E-state index in [-0.39, 0.29) is 5.91 Å². The molecule has 0 bridgehead atoms. The Hall–Kier alpha value is -1.13. The Labute approximate surface area is 109 Å². The summed E-state index contributed by atoms with van der Waals surface area (Å²) in [6.45, 7) is 4.02. The standard InChI is InChI=1S/C12H13ClN2OS/c1-7(2)6-10(16)14-12-15-11-8(13)4-3-5-9(11)17-12/h3-5,7H,6H2,1-2H3,(H,14,15,16). The van der Waals surface area contributed by atoms with Gasteiger partial charge in [-0.2, -0.15) is 0 Å². The molecule has 0 aliphatic heterocycles. The van der Waals surface area contributed by atoms with Gasteiger partial charge in [-0.3, -0.25) is 4.79 Å². The maximum absolute atomic E-state index is 11.6. The van der Waals surface area contributed by atoms with Gasteiger partial charge in [0, 0.05) is 6.42 Å². The van der Waals surface area contributed by atoms with E-state index >= 15 is 0 Å². The number of thiazole rings is 1. The number of hydrogen-bond donors (Lipinski definition) is 1. The number of amides is 1. The summed E-state index contributed by atoms with van der Waals surface area (Å²) in [6, 6.07) is 5.61. The predicted octanol–water partition coefficient (Wildman–Crippen LogP) is 3.93. The van der Waals surface area contributed by atoms with Gasteiger partial charge < -0.3 is 5.32 Å². The highest BCUT2D eigenvalue weighted by Crippen LogP contribution is 2.30. The van der Waals surface area contributed by atoms with Crippen molar-refractivity contribution in [3.8, 4) is 0 Å². The molecular formula is C12H13ClN2OS. The minimum atomic E-state index is -0.00446. The number of hydrogen-bond acceptors (Lipinski definition) is 3.